The quantitative estimate of drug-likeness (QED) is 0.772. The summed E-state index contributed by atoms with van der Waals surface area (Å²) in [4.78, 5) is 11.9. The Morgan fingerprint density at radius 2 is 1.52 bits per heavy atom. The second kappa shape index (κ2) is 9.57. The van der Waals surface area contributed by atoms with Crippen LogP contribution in [0.1, 0.15) is 25.0 Å². The molecule has 0 aromatic heterocycles. The fourth-order valence-corrected chi connectivity index (χ4v) is 2.32. The number of hydrogen-bond donors (Lipinski definition) is 2. The van der Waals surface area contributed by atoms with Crippen LogP contribution in [0, 0.1) is 0 Å². The zero-order chi connectivity index (χ0) is 18.1. The van der Waals surface area contributed by atoms with Crippen LogP contribution >= 0.6 is 0 Å². The zero-order valence-electron chi connectivity index (χ0n) is 15.0. The molecule has 0 unspecified atom stereocenters. The zero-order valence-corrected chi connectivity index (χ0v) is 15.0. The molecule has 2 aromatic rings. The molecule has 25 heavy (non-hydrogen) atoms. The highest BCUT2D eigenvalue weighted by atomic mass is 16.5. The maximum Gasteiger partial charge on any atom is 0.315 e. The average Bonchev–Trinajstić information content (AvgIpc) is 2.61. The summed E-state index contributed by atoms with van der Waals surface area (Å²) >= 11 is 0. The molecular weight excluding hydrogens is 316 g/mol. The van der Waals surface area contributed by atoms with Gasteiger partial charge in [0, 0.05) is 13.1 Å². The Morgan fingerprint density at radius 1 is 0.920 bits per heavy atom. The highest BCUT2D eigenvalue weighted by molar-refractivity contribution is 5.73. The molecule has 0 radical (unpaired) electrons. The topological polar surface area (TPSA) is 59.6 Å². The van der Waals surface area contributed by atoms with Crippen molar-refractivity contribution in [1.29, 1.82) is 0 Å². The fraction of sp³-hybridized carbons (Fsp3) is 0.350. The van der Waals surface area contributed by atoms with Gasteiger partial charge < -0.3 is 20.1 Å². The van der Waals surface area contributed by atoms with Crippen LogP contribution in [-0.2, 0) is 13.0 Å². The van der Waals surface area contributed by atoms with Gasteiger partial charge in [-0.2, -0.15) is 0 Å². The second-order valence-electron chi connectivity index (χ2n) is 6.02. The van der Waals surface area contributed by atoms with Crippen molar-refractivity contribution in [3.8, 4) is 11.5 Å². The minimum atomic E-state index is -0.170. The monoisotopic (exact) mass is 342 g/mol. The molecule has 5 heteroatoms. The number of hydrogen-bond acceptors (Lipinski definition) is 3. The van der Waals surface area contributed by atoms with Crippen LogP contribution in [0.25, 0.3) is 0 Å². The van der Waals surface area contributed by atoms with E-state index in [4.69, 9.17) is 9.47 Å². The summed E-state index contributed by atoms with van der Waals surface area (Å²) in [5, 5.41) is 5.71. The molecule has 2 N–H and O–H groups in total. The van der Waals surface area contributed by atoms with Gasteiger partial charge >= 0.3 is 6.03 Å². The van der Waals surface area contributed by atoms with Gasteiger partial charge in [-0.05, 0) is 55.7 Å². The number of nitrogens with one attached hydrogen (secondary N) is 2. The predicted molar refractivity (Wildman–Crippen MR) is 99.1 cm³/mol. The second-order valence-corrected chi connectivity index (χ2v) is 6.02. The molecule has 0 fully saturated rings. The highest BCUT2D eigenvalue weighted by Gasteiger charge is 2.02. The minimum absolute atomic E-state index is 0.153. The molecule has 0 spiro atoms. The van der Waals surface area contributed by atoms with Crippen LogP contribution in [0.2, 0.25) is 0 Å². The van der Waals surface area contributed by atoms with Crippen molar-refractivity contribution < 1.29 is 14.3 Å². The van der Waals surface area contributed by atoms with Gasteiger partial charge in [0.2, 0.25) is 0 Å². The fourth-order valence-electron chi connectivity index (χ4n) is 2.32. The minimum Gasteiger partial charge on any atom is -0.497 e. The lowest BCUT2D eigenvalue weighted by atomic mass is 10.1. The Kier molecular flexibility index (Phi) is 7.14. The maximum atomic E-state index is 11.9. The summed E-state index contributed by atoms with van der Waals surface area (Å²) in [7, 11) is 1.64. The summed E-state index contributed by atoms with van der Waals surface area (Å²) in [6.07, 6.45) is 0.930. The molecule has 0 saturated carbocycles. The van der Waals surface area contributed by atoms with Crippen molar-refractivity contribution in [2.75, 3.05) is 13.7 Å². The summed E-state index contributed by atoms with van der Waals surface area (Å²) in [5.41, 5.74) is 2.18. The molecule has 0 heterocycles. The first-order chi connectivity index (χ1) is 12.1. The first kappa shape index (κ1) is 18.6. The predicted octanol–water partition coefficient (Wildman–Crippen LogP) is 3.52. The van der Waals surface area contributed by atoms with Gasteiger partial charge in [-0.15, -0.1) is 0 Å². The third kappa shape index (κ3) is 6.75. The lowest BCUT2D eigenvalue weighted by molar-refractivity contribution is 0.240. The third-order valence-electron chi connectivity index (χ3n) is 3.61. The van der Waals surface area contributed by atoms with Crippen LogP contribution in [0.5, 0.6) is 11.5 Å². The number of urea groups is 1. The van der Waals surface area contributed by atoms with E-state index in [0.717, 1.165) is 29.0 Å². The van der Waals surface area contributed by atoms with E-state index in [2.05, 4.69) is 10.6 Å². The molecule has 2 amide bonds. The van der Waals surface area contributed by atoms with Crippen molar-refractivity contribution in [3.63, 3.8) is 0 Å². The number of rotatable bonds is 8. The van der Waals surface area contributed by atoms with Crippen molar-refractivity contribution in [3.05, 3.63) is 59.7 Å². The number of amides is 2. The van der Waals surface area contributed by atoms with Crippen LogP contribution in [-0.4, -0.2) is 25.8 Å². The van der Waals surface area contributed by atoms with Crippen LogP contribution in [0.4, 0.5) is 4.79 Å². The number of benzene rings is 2. The molecule has 0 atom stereocenters. The number of carbonyl (C=O) groups is 1. The SMILES string of the molecule is COc1ccc(CCNC(=O)NCc2ccc(OC(C)C)cc2)cc1. The van der Waals surface area contributed by atoms with Crippen molar-refractivity contribution in [2.45, 2.75) is 32.9 Å². The molecular formula is C20H26N2O3. The van der Waals surface area contributed by atoms with Crippen molar-refractivity contribution >= 4 is 6.03 Å². The summed E-state index contributed by atoms with van der Waals surface area (Å²) in [6, 6.07) is 15.4. The number of ether oxygens (including phenoxy) is 2. The molecule has 0 saturated heterocycles. The van der Waals surface area contributed by atoms with Crippen LogP contribution in [0.3, 0.4) is 0 Å². The Balaban J connectivity index is 1.67. The van der Waals surface area contributed by atoms with Gasteiger partial charge in [-0.1, -0.05) is 24.3 Å². The van der Waals surface area contributed by atoms with Gasteiger partial charge in [-0.3, -0.25) is 0 Å². The van der Waals surface area contributed by atoms with E-state index in [1.54, 1.807) is 7.11 Å². The number of carbonyl (C=O) groups excluding carboxylic acids is 1. The summed E-state index contributed by atoms with van der Waals surface area (Å²) < 4.78 is 10.7. The molecule has 0 aliphatic rings. The molecule has 0 aliphatic carbocycles. The van der Waals surface area contributed by atoms with Crippen molar-refractivity contribution in [2.24, 2.45) is 0 Å². The highest BCUT2D eigenvalue weighted by Crippen LogP contribution is 2.14. The van der Waals surface area contributed by atoms with Gasteiger partial charge in [0.1, 0.15) is 11.5 Å². The molecule has 2 aromatic carbocycles. The lowest BCUT2D eigenvalue weighted by Gasteiger charge is -2.11. The molecule has 5 nitrogen and oxygen atoms in total. The molecule has 0 aliphatic heterocycles. The van der Waals surface area contributed by atoms with E-state index in [0.29, 0.717) is 13.1 Å². The van der Waals surface area contributed by atoms with Crippen LogP contribution in [0.15, 0.2) is 48.5 Å². The van der Waals surface area contributed by atoms with E-state index in [1.807, 2.05) is 62.4 Å². The van der Waals surface area contributed by atoms with Gasteiger partial charge in [-0.25, -0.2) is 4.79 Å². The van der Waals surface area contributed by atoms with E-state index < -0.39 is 0 Å². The third-order valence-corrected chi connectivity index (χ3v) is 3.61. The van der Waals surface area contributed by atoms with Crippen LogP contribution < -0.4 is 20.1 Å². The molecule has 0 bridgehead atoms. The Labute approximate surface area is 149 Å². The largest absolute Gasteiger partial charge is 0.497 e. The van der Waals surface area contributed by atoms with Gasteiger partial charge in [0.25, 0.3) is 0 Å². The molecule has 2 rings (SSSR count). The van der Waals surface area contributed by atoms with E-state index >= 15 is 0 Å². The van der Waals surface area contributed by atoms with Crippen molar-refractivity contribution in [1.82, 2.24) is 10.6 Å². The van der Waals surface area contributed by atoms with E-state index in [-0.39, 0.29) is 12.1 Å². The Hall–Kier alpha value is -2.69. The first-order valence-corrected chi connectivity index (χ1v) is 8.47. The standard InChI is InChI=1S/C20H26N2O3/c1-15(2)25-19-10-6-17(7-11-19)14-22-20(23)21-13-12-16-4-8-18(24-3)9-5-16/h4-11,15H,12-14H2,1-3H3,(H2,21,22,23). The lowest BCUT2D eigenvalue weighted by Crippen LogP contribution is -2.36. The Bertz CT molecular complexity index is 652. The van der Waals surface area contributed by atoms with E-state index in [1.165, 1.54) is 0 Å². The van der Waals surface area contributed by atoms with Gasteiger partial charge in [0.15, 0.2) is 0 Å². The average molecular weight is 342 g/mol. The maximum absolute atomic E-state index is 11.9. The normalized spacial score (nSPS) is 10.4. The smallest absolute Gasteiger partial charge is 0.315 e. The van der Waals surface area contributed by atoms with Gasteiger partial charge in [0.05, 0.1) is 13.2 Å². The first-order valence-electron chi connectivity index (χ1n) is 8.47. The molecule has 134 valence electrons. The summed E-state index contributed by atoms with van der Waals surface area (Å²) in [6.45, 7) is 5.05. The van der Waals surface area contributed by atoms with E-state index in [9.17, 15) is 4.79 Å². The summed E-state index contributed by atoms with van der Waals surface area (Å²) in [5.74, 6) is 1.67. The number of methoxy groups -OCH3 is 1. The Morgan fingerprint density at radius 3 is 2.12 bits per heavy atom.